The summed E-state index contributed by atoms with van der Waals surface area (Å²) in [5, 5.41) is 20.6. The molecule has 3 heteroatoms. The standard InChI is InChI=1S/C28H56O3/c1-4-7-10-13-14-15-17-19-22-26(29)24-25(21-18-12-9-6-3)27(28(30)31)23-20-16-11-8-5-2/h25-27,29H,4-24H2,1-3H3,(H,30,31). The van der Waals surface area contributed by atoms with Crippen molar-refractivity contribution in [2.45, 2.75) is 162 Å². The molecule has 0 saturated heterocycles. The number of unbranched alkanes of at least 4 members (excludes halogenated alkanes) is 14. The van der Waals surface area contributed by atoms with Crippen LogP contribution in [-0.2, 0) is 4.79 Å². The summed E-state index contributed by atoms with van der Waals surface area (Å²) in [6.07, 6.45) is 23.6. The second-order valence-electron chi connectivity index (χ2n) is 9.91. The highest BCUT2D eigenvalue weighted by molar-refractivity contribution is 5.70. The molecule has 0 aromatic carbocycles. The van der Waals surface area contributed by atoms with Crippen molar-refractivity contribution in [3.05, 3.63) is 0 Å². The second kappa shape index (κ2) is 22.6. The second-order valence-corrected chi connectivity index (χ2v) is 9.91. The average Bonchev–Trinajstić information content (AvgIpc) is 2.74. The van der Waals surface area contributed by atoms with Crippen LogP contribution in [0.1, 0.15) is 156 Å². The molecule has 0 radical (unpaired) electrons. The molecule has 0 aliphatic heterocycles. The van der Waals surface area contributed by atoms with Gasteiger partial charge < -0.3 is 10.2 Å². The SMILES string of the molecule is CCCCCCCCCCC(O)CC(CCCCCC)C(CCCCCCC)C(=O)O. The fraction of sp³-hybridized carbons (Fsp3) is 0.964. The first-order chi connectivity index (χ1) is 15.1. The molecule has 0 aromatic rings. The maximum absolute atomic E-state index is 12.1. The minimum atomic E-state index is -0.643. The molecular weight excluding hydrogens is 384 g/mol. The zero-order chi connectivity index (χ0) is 23.2. The van der Waals surface area contributed by atoms with E-state index in [0.29, 0.717) is 6.42 Å². The summed E-state index contributed by atoms with van der Waals surface area (Å²) in [7, 11) is 0. The van der Waals surface area contributed by atoms with Crippen LogP contribution in [0, 0.1) is 11.8 Å². The smallest absolute Gasteiger partial charge is 0.306 e. The third kappa shape index (κ3) is 18.7. The summed E-state index contributed by atoms with van der Waals surface area (Å²) in [5.41, 5.74) is 0. The predicted octanol–water partition coefficient (Wildman–Crippen LogP) is 8.92. The molecule has 3 nitrogen and oxygen atoms in total. The Hall–Kier alpha value is -0.570. The zero-order valence-corrected chi connectivity index (χ0v) is 21.4. The largest absolute Gasteiger partial charge is 0.481 e. The van der Waals surface area contributed by atoms with Gasteiger partial charge in [-0.15, -0.1) is 0 Å². The minimum Gasteiger partial charge on any atom is -0.481 e. The Bertz CT molecular complexity index is 382. The van der Waals surface area contributed by atoms with Crippen molar-refractivity contribution in [3.63, 3.8) is 0 Å². The normalized spacial score (nSPS) is 14.5. The molecule has 0 aliphatic carbocycles. The summed E-state index contributed by atoms with van der Waals surface area (Å²) >= 11 is 0. The molecule has 0 rings (SSSR count). The van der Waals surface area contributed by atoms with E-state index in [4.69, 9.17) is 0 Å². The molecular formula is C28H56O3. The van der Waals surface area contributed by atoms with Gasteiger partial charge in [-0.05, 0) is 31.6 Å². The van der Waals surface area contributed by atoms with Crippen molar-refractivity contribution in [2.24, 2.45) is 11.8 Å². The Morgan fingerprint density at radius 3 is 1.45 bits per heavy atom. The fourth-order valence-corrected chi connectivity index (χ4v) is 4.83. The number of carboxylic acids is 1. The zero-order valence-electron chi connectivity index (χ0n) is 21.4. The lowest BCUT2D eigenvalue weighted by molar-refractivity contribution is -0.144. The van der Waals surface area contributed by atoms with Gasteiger partial charge in [0, 0.05) is 0 Å². The van der Waals surface area contributed by atoms with Crippen molar-refractivity contribution in [1.82, 2.24) is 0 Å². The van der Waals surface area contributed by atoms with E-state index in [0.717, 1.165) is 44.9 Å². The number of hydrogen-bond donors (Lipinski definition) is 2. The van der Waals surface area contributed by atoms with Gasteiger partial charge in [-0.3, -0.25) is 4.79 Å². The maximum atomic E-state index is 12.1. The van der Waals surface area contributed by atoms with Gasteiger partial charge in [-0.25, -0.2) is 0 Å². The molecule has 0 saturated carbocycles. The van der Waals surface area contributed by atoms with Gasteiger partial charge in [-0.2, -0.15) is 0 Å². The lowest BCUT2D eigenvalue weighted by Gasteiger charge is -2.26. The predicted molar refractivity (Wildman–Crippen MR) is 135 cm³/mol. The molecule has 0 spiro atoms. The Morgan fingerprint density at radius 1 is 0.581 bits per heavy atom. The third-order valence-electron chi connectivity index (χ3n) is 6.90. The Kier molecular flexibility index (Phi) is 22.2. The van der Waals surface area contributed by atoms with Crippen molar-refractivity contribution in [3.8, 4) is 0 Å². The number of hydrogen-bond acceptors (Lipinski definition) is 2. The monoisotopic (exact) mass is 440 g/mol. The summed E-state index contributed by atoms with van der Waals surface area (Å²) in [4.78, 5) is 12.1. The van der Waals surface area contributed by atoms with Crippen molar-refractivity contribution in [1.29, 1.82) is 0 Å². The first-order valence-corrected chi connectivity index (χ1v) is 14.0. The molecule has 0 aromatic heterocycles. The van der Waals surface area contributed by atoms with Crippen LogP contribution in [0.5, 0.6) is 0 Å². The van der Waals surface area contributed by atoms with E-state index in [2.05, 4.69) is 20.8 Å². The van der Waals surface area contributed by atoms with Crippen LogP contribution in [0.15, 0.2) is 0 Å². The van der Waals surface area contributed by atoms with Gasteiger partial charge >= 0.3 is 5.97 Å². The van der Waals surface area contributed by atoms with E-state index in [1.54, 1.807) is 0 Å². The van der Waals surface area contributed by atoms with Crippen molar-refractivity contribution in [2.75, 3.05) is 0 Å². The number of aliphatic carboxylic acids is 1. The van der Waals surface area contributed by atoms with Crippen LogP contribution in [-0.4, -0.2) is 22.3 Å². The molecule has 186 valence electrons. The molecule has 3 atom stereocenters. The molecule has 0 bridgehead atoms. The van der Waals surface area contributed by atoms with E-state index in [1.165, 1.54) is 83.5 Å². The molecule has 3 unspecified atom stereocenters. The van der Waals surface area contributed by atoms with Gasteiger partial charge in [0.2, 0.25) is 0 Å². The van der Waals surface area contributed by atoms with Gasteiger partial charge in [0.05, 0.1) is 12.0 Å². The van der Waals surface area contributed by atoms with Crippen LogP contribution >= 0.6 is 0 Å². The number of aliphatic hydroxyl groups excluding tert-OH is 1. The number of carbonyl (C=O) groups is 1. The minimum absolute atomic E-state index is 0.129. The van der Waals surface area contributed by atoms with Crippen LogP contribution in [0.3, 0.4) is 0 Å². The van der Waals surface area contributed by atoms with E-state index in [-0.39, 0.29) is 17.9 Å². The van der Waals surface area contributed by atoms with Crippen LogP contribution in [0.25, 0.3) is 0 Å². The highest BCUT2D eigenvalue weighted by atomic mass is 16.4. The van der Waals surface area contributed by atoms with E-state index < -0.39 is 5.97 Å². The van der Waals surface area contributed by atoms with Gasteiger partial charge in [0.25, 0.3) is 0 Å². The highest BCUT2D eigenvalue weighted by Crippen LogP contribution is 2.30. The molecule has 0 heterocycles. The number of carboxylic acid groups (broad SMARTS) is 1. The number of rotatable bonds is 24. The summed E-state index contributed by atoms with van der Waals surface area (Å²) in [6.45, 7) is 6.67. The lowest BCUT2D eigenvalue weighted by Crippen LogP contribution is -2.27. The summed E-state index contributed by atoms with van der Waals surface area (Å²) in [5.74, 6) is -0.795. The maximum Gasteiger partial charge on any atom is 0.306 e. The molecule has 2 N–H and O–H groups in total. The molecule has 0 aliphatic rings. The Balaban J connectivity index is 4.44. The highest BCUT2D eigenvalue weighted by Gasteiger charge is 2.29. The van der Waals surface area contributed by atoms with Crippen LogP contribution < -0.4 is 0 Å². The van der Waals surface area contributed by atoms with Crippen LogP contribution in [0.4, 0.5) is 0 Å². The summed E-state index contributed by atoms with van der Waals surface area (Å²) in [6, 6.07) is 0. The Morgan fingerprint density at radius 2 is 0.968 bits per heavy atom. The van der Waals surface area contributed by atoms with Crippen LogP contribution in [0.2, 0.25) is 0 Å². The first-order valence-electron chi connectivity index (χ1n) is 14.0. The molecule has 31 heavy (non-hydrogen) atoms. The van der Waals surface area contributed by atoms with Gasteiger partial charge in [0.1, 0.15) is 0 Å². The Labute approximate surface area is 194 Å². The van der Waals surface area contributed by atoms with E-state index >= 15 is 0 Å². The lowest BCUT2D eigenvalue weighted by atomic mass is 9.80. The van der Waals surface area contributed by atoms with E-state index in [1.807, 2.05) is 0 Å². The molecule has 0 amide bonds. The van der Waals surface area contributed by atoms with Gasteiger partial charge in [-0.1, -0.05) is 130 Å². The summed E-state index contributed by atoms with van der Waals surface area (Å²) < 4.78 is 0. The van der Waals surface area contributed by atoms with Crippen molar-refractivity contribution >= 4 is 5.97 Å². The quantitative estimate of drug-likeness (QED) is 0.147. The average molecular weight is 441 g/mol. The van der Waals surface area contributed by atoms with Gasteiger partial charge in [0.15, 0.2) is 0 Å². The third-order valence-corrected chi connectivity index (χ3v) is 6.90. The fourth-order valence-electron chi connectivity index (χ4n) is 4.83. The molecule has 0 fully saturated rings. The van der Waals surface area contributed by atoms with E-state index in [9.17, 15) is 15.0 Å². The van der Waals surface area contributed by atoms with Crippen molar-refractivity contribution < 1.29 is 15.0 Å². The first kappa shape index (κ1) is 30.4. The topological polar surface area (TPSA) is 57.5 Å². The number of aliphatic hydroxyl groups is 1.